The third kappa shape index (κ3) is 2.54. The largest absolute Gasteiger partial charge is 0.457 e. The predicted octanol–water partition coefficient (Wildman–Crippen LogP) is 3.03. The molecule has 0 unspecified atom stereocenters. The Morgan fingerprint density at radius 2 is 2.00 bits per heavy atom. The van der Waals surface area contributed by atoms with E-state index in [-0.39, 0.29) is 6.79 Å². The summed E-state index contributed by atoms with van der Waals surface area (Å²) in [7, 11) is 0. The second-order valence-corrected chi connectivity index (χ2v) is 4.02. The summed E-state index contributed by atoms with van der Waals surface area (Å²) in [5.74, 6) is 3.68. The first-order chi connectivity index (χ1) is 9.35. The van der Waals surface area contributed by atoms with Crippen LogP contribution in [0.4, 0.5) is 5.82 Å². The second-order valence-electron chi connectivity index (χ2n) is 4.02. The van der Waals surface area contributed by atoms with E-state index in [1.54, 1.807) is 6.20 Å². The fourth-order valence-electron chi connectivity index (χ4n) is 1.83. The van der Waals surface area contributed by atoms with E-state index in [4.69, 9.17) is 14.2 Å². The van der Waals surface area contributed by atoms with E-state index in [1.165, 1.54) is 0 Å². The van der Waals surface area contributed by atoms with Crippen LogP contribution in [0.25, 0.3) is 0 Å². The van der Waals surface area contributed by atoms with Gasteiger partial charge in [0.2, 0.25) is 6.79 Å². The van der Waals surface area contributed by atoms with E-state index in [0.717, 1.165) is 23.9 Å². The molecule has 0 radical (unpaired) electrons. The van der Waals surface area contributed by atoms with Gasteiger partial charge in [0.05, 0.1) is 0 Å². The minimum Gasteiger partial charge on any atom is -0.457 e. The average molecular weight is 258 g/mol. The van der Waals surface area contributed by atoms with Crippen molar-refractivity contribution < 1.29 is 14.2 Å². The SMILES string of the molecule is CCNc1cc(Oc2ccc3c(c2)OCO3)ccn1. The highest BCUT2D eigenvalue weighted by molar-refractivity contribution is 5.49. The van der Waals surface area contributed by atoms with Gasteiger partial charge in [-0.2, -0.15) is 0 Å². The average Bonchev–Trinajstić information content (AvgIpc) is 2.87. The van der Waals surface area contributed by atoms with Crippen molar-refractivity contribution in [3.63, 3.8) is 0 Å². The van der Waals surface area contributed by atoms with Crippen molar-refractivity contribution in [2.75, 3.05) is 18.7 Å². The normalized spacial score (nSPS) is 12.3. The molecule has 1 aliphatic heterocycles. The zero-order chi connectivity index (χ0) is 13.1. The standard InChI is InChI=1S/C14H14N2O3/c1-2-15-14-8-11(5-6-16-14)19-10-3-4-12-13(7-10)18-9-17-12/h3-8H,2,9H2,1H3,(H,15,16). The maximum absolute atomic E-state index is 5.78. The van der Waals surface area contributed by atoms with E-state index < -0.39 is 0 Å². The van der Waals surface area contributed by atoms with Crippen LogP contribution in [0.3, 0.4) is 0 Å². The number of benzene rings is 1. The molecule has 5 heteroatoms. The molecule has 2 aromatic rings. The molecule has 0 atom stereocenters. The Bertz CT molecular complexity index is 587. The van der Waals surface area contributed by atoms with Crippen molar-refractivity contribution >= 4 is 5.82 Å². The van der Waals surface area contributed by atoms with Crippen molar-refractivity contribution in [3.05, 3.63) is 36.5 Å². The van der Waals surface area contributed by atoms with Gasteiger partial charge >= 0.3 is 0 Å². The summed E-state index contributed by atoms with van der Waals surface area (Å²) in [6, 6.07) is 9.17. The Balaban J connectivity index is 1.79. The molecule has 1 aromatic heterocycles. The Morgan fingerprint density at radius 3 is 2.89 bits per heavy atom. The van der Waals surface area contributed by atoms with E-state index in [0.29, 0.717) is 11.5 Å². The molecule has 0 fully saturated rings. The van der Waals surface area contributed by atoms with Crippen LogP contribution in [0.1, 0.15) is 6.92 Å². The van der Waals surface area contributed by atoms with Gasteiger partial charge in [-0.3, -0.25) is 0 Å². The molecule has 98 valence electrons. The van der Waals surface area contributed by atoms with Crippen molar-refractivity contribution in [1.29, 1.82) is 0 Å². The van der Waals surface area contributed by atoms with Crippen molar-refractivity contribution in [2.24, 2.45) is 0 Å². The summed E-state index contributed by atoms with van der Waals surface area (Å²) in [5.41, 5.74) is 0. The molecule has 0 spiro atoms. The first-order valence-corrected chi connectivity index (χ1v) is 6.12. The van der Waals surface area contributed by atoms with Crippen LogP contribution in [0.2, 0.25) is 0 Å². The lowest BCUT2D eigenvalue weighted by Crippen LogP contribution is -1.98. The molecule has 1 aromatic carbocycles. The third-order valence-electron chi connectivity index (χ3n) is 2.67. The molecular weight excluding hydrogens is 244 g/mol. The maximum atomic E-state index is 5.78. The van der Waals surface area contributed by atoms with Gasteiger partial charge in [-0.1, -0.05) is 0 Å². The second kappa shape index (κ2) is 5.06. The molecule has 0 aliphatic carbocycles. The summed E-state index contributed by atoms with van der Waals surface area (Å²) in [6.07, 6.45) is 1.71. The molecular formula is C14H14N2O3. The summed E-state index contributed by atoms with van der Waals surface area (Å²) in [6.45, 7) is 3.10. The van der Waals surface area contributed by atoms with Crippen LogP contribution in [0.15, 0.2) is 36.5 Å². The number of ether oxygens (including phenoxy) is 3. The smallest absolute Gasteiger partial charge is 0.231 e. The van der Waals surface area contributed by atoms with Gasteiger partial charge in [-0.05, 0) is 25.1 Å². The van der Waals surface area contributed by atoms with Gasteiger partial charge in [-0.15, -0.1) is 0 Å². The lowest BCUT2D eigenvalue weighted by molar-refractivity contribution is 0.174. The van der Waals surface area contributed by atoms with Crippen molar-refractivity contribution in [3.8, 4) is 23.0 Å². The monoisotopic (exact) mass is 258 g/mol. The van der Waals surface area contributed by atoms with Crippen LogP contribution in [-0.2, 0) is 0 Å². The lowest BCUT2D eigenvalue weighted by Gasteiger charge is -2.08. The molecule has 5 nitrogen and oxygen atoms in total. The fourth-order valence-corrected chi connectivity index (χ4v) is 1.83. The topological polar surface area (TPSA) is 52.6 Å². The molecule has 0 bridgehead atoms. The Kier molecular flexibility index (Phi) is 3.10. The van der Waals surface area contributed by atoms with Crippen LogP contribution in [0.5, 0.6) is 23.0 Å². The highest BCUT2D eigenvalue weighted by Crippen LogP contribution is 2.36. The molecule has 0 saturated heterocycles. The molecule has 19 heavy (non-hydrogen) atoms. The first kappa shape index (κ1) is 11.6. The van der Waals surface area contributed by atoms with E-state index in [1.807, 2.05) is 37.3 Å². The number of aromatic nitrogens is 1. The third-order valence-corrected chi connectivity index (χ3v) is 2.67. The lowest BCUT2D eigenvalue weighted by atomic mass is 10.3. The number of nitrogens with zero attached hydrogens (tertiary/aromatic N) is 1. The van der Waals surface area contributed by atoms with Crippen LogP contribution in [0, 0.1) is 0 Å². The minimum absolute atomic E-state index is 0.263. The highest BCUT2D eigenvalue weighted by Gasteiger charge is 2.14. The zero-order valence-corrected chi connectivity index (χ0v) is 10.6. The minimum atomic E-state index is 0.263. The van der Waals surface area contributed by atoms with E-state index in [2.05, 4.69) is 10.3 Å². The summed E-state index contributed by atoms with van der Waals surface area (Å²) in [4.78, 5) is 4.19. The van der Waals surface area contributed by atoms with Crippen LogP contribution in [-0.4, -0.2) is 18.3 Å². The predicted molar refractivity (Wildman–Crippen MR) is 71.0 cm³/mol. The molecule has 0 amide bonds. The number of rotatable bonds is 4. The van der Waals surface area contributed by atoms with Gasteiger partial charge in [0, 0.05) is 24.9 Å². The Morgan fingerprint density at radius 1 is 1.16 bits per heavy atom. The summed E-state index contributed by atoms with van der Waals surface area (Å²) < 4.78 is 16.3. The van der Waals surface area contributed by atoms with Gasteiger partial charge in [0.1, 0.15) is 17.3 Å². The quantitative estimate of drug-likeness (QED) is 0.913. The number of nitrogens with one attached hydrogen (secondary N) is 1. The highest BCUT2D eigenvalue weighted by atomic mass is 16.7. The number of hydrogen-bond acceptors (Lipinski definition) is 5. The summed E-state index contributed by atoms with van der Waals surface area (Å²) in [5, 5.41) is 3.14. The summed E-state index contributed by atoms with van der Waals surface area (Å²) >= 11 is 0. The van der Waals surface area contributed by atoms with Crippen LogP contribution >= 0.6 is 0 Å². The maximum Gasteiger partial charge on any atom is 0.231 e. The van der Waals surface area contributed by atoms with E-state index in [9.17, 15) is 0 Å². The number of anilines is 1. The molecule has 2 heterocycles. The molecule has 3 rings (SSSR count). The number of pyridine rings is 1. The van der Waals surface area contributed by atoms with Crippen molar-refractivity contribution in [2.45, 2.75) is 6.92 Å². The Hall–Kier alpha value is -2.43. The van der Waals surface area contributed by atoms with Gasteiger partial charge in [-0.25, -0.2) is 4.98 Å². The number of hydrogen-bond donors (Lipinski definition) is 1. The zero-order valence-electron chi connectivity index (χ0n) is 10.6. The van der Waals surface area contributed by atoms with Crippen LogP contribution < -0.4 is 19.5 Å². The number of fused-ring (bicyclic) bond motifs is 1. The molecule has 0 saturated carbocycles. The van der Waals surface area contributed by atoms with E-state index >= 15 is 0 Å². The van der Waals surface area contributed by atoms with Gasteiger partial charge in [0.25, 0.3) is 0 Å². The van der Waals surface area contributed by atoms with Gasteiger partial charge in [0.15, 0.2) is 11.5 Å². The van der Waals surface area contributed by atoms with Gasteiger partial charge < -0.3 is 19.5 Å². The van der Waals surface area contributed by atoms with Crippen molar-refractivity contribution in [1.82, 2.24) is 4.98 Å². The Labute approximate surface area is 111 Å². The first-order valence-electron chi connectivity index (χ1n) is 6.12. The fraction of sp³-hybridized carbons (Fsp3) is 0.214. The molecule has 1 N–H and O–H groups in total. The molecule has 1 aliphatic rings.